The van der Waals surface area contributed by atoms with E-state index < -0.39 is 0 Å². The number of nitrogens with zero attached hydrogens (tertiary/aromatic N) is 1. The molecule has 0 aromatic rings. The average Bonchev–Trinajstić information content (AvgIpc) is 2.20. The fraction of sp³-hybridized carbons (Fsp3) is 0.818. The second kappa shape index (κ2) is 8.25. The molecule has 0 aliphatic heterocycles. The van der Waals surface area contributed by atoms with Gasteiger partial charge in [-0.05, 0) is 19.3 Å². The molecule has 0 spiro atoms. The quantitative estimate of drug-likeness (QED) is 0.650. The van der Waals surface area contributed by atoms with E-state index in [4.69, 9.17) is 10.00 Å². The van der Waals surface area contributed by atoms with Crippen molar-refractivity contribution in [2.24, 2.45) is 5.92 Å². The predicted molar refractivity (Wildman–Crippen MR) is 58.1 cm³/mol. The van der Waals surface area contributed by atoms with E-state index >= 15 is 0 Å². The fourth-order valence-corrected chi connectivity index (χ4v) is 1.07. The van der Waals surface area contributed by atoms with Crippen molar-refractivity contribution in [3.05, 3.63) is 0 Å². The van der Waals surface area contributed by atoms with Gasteiger partial charge < -0.3 is 10.1 Å². The van der Waals surface area contributed by atoms with Gasteiger partial charge >= 0.3 is 0 Å². The molecule has 0 aromatic carbocycles. The van der Waals surface area contributed by atoms with Gasteiger partial charge in [-0.3, -0.25) is 4.79 Å². The Hall–Kier alpha value is -1.08. The minimum absolute atomic E-state index is 0.0741. The molecular weight excluding hydrogens is 192 g/mol. The molecule has 86 valence electrons. The molecule has 0 aromatic heterocycles. The van der Waals surface area contributed by atoms with E-state index in [1.807, 2.05) is 20.8 Å². The van der Waals surface area contributed by atoms with Crippen molar-refractivity contribution in [3.63, 3.8) is 0 Å². The summed E-state index contributed by atoms with van der Waals surface area (Å²) in [7, 11) is 0. The van der Waals surface area contributed by atoms with Crippen molar-refractivity contribution in [1.82, 2.24) is 5.32 Å². The van der Waals surface area contributed by atoms with Gasteiger partial charge in [0.25, 0.3) is 0 Å². The van der Waals surface area contributed by atoms with E-state index in [1.54, 1.807) is 0 Å². The maximum atomic E-state index is 11.4. The molecule has 0 saturated heterocycles. The van der Waals surface area contributed by atoms with Crippen molar-refractivity contribution >= 4 is 5.91 Å². The van der Waals surface area contributed by atoms with Crippen LogP contribution in [0.4, 0.5) is 0 Å². The van der Waals surface area contributed by atoms with Crippen LogP contribution in [0.1, 0.15) is 33.6 Å². The number of carbonyl (C=O) groups is 1. The smallest absolute Gasteiger partial charge is 0.221 e. The van der Waals surface area contributed by atoms with Crippen LogP contribution in [0.25, 0.3) is 0 Å². The minimum atomic E-state index is -0.385. The average molecular weight is 212 g/mol. The minimum Gasteiger partial charge on any atom is -0.382 e. The summed E-state index contributed by atoms with van der Waals surface area (Å²) in [4.78, 5) is 11.4. The topological polar surface area (TPSA) is 62.1 Å². The lowest BCUT2D eigenvalue weighted by Crippen LogP contribution is -2.37. The largest absolute Gasteiger partial charge is 0.382 e. The fourth-order valence-electron chi connectivity index (χ4n) is 1.07. The highest BCUT2D eigenvalue weighted by molar-refractivity contribution is 5.76. The van der Waals surface area contributed by atoms with Crippen molar-refractivity contribution in [3.8, 4) is 6.07 Å². The monoisotopic (exact) mass is 212 g/mol. The molecule has 0 fully saturated rings. The number of amides is 1. The van der Waals surface area contributed by atoms with Crippen LogP contribution >= 0.6 is 0 Å². The Morgan fingerprint density at radius 1 is 1.53 bits per heavy atom. The number of ether oxygens (including phenoxy) is 1. The standard InChI is InChI=1S/C11H20N2O2/c1-4-15-7-5-6-11(14)13-10(8-12)9(2)3/h9-10H,4-7H2,1-3H3,(H,13,14). The Bertz CT molecular complexity index is 221. The van der Waals surface area contributed by atoms with E-state index in [2.05, 4.69) is 11.4 Å². The maximum Gasteiger partial charge on any atom is 0.221 e. The number of rotatable bonds is 7. The molecule has 15 heavy (non-hydrogen) atoms. The van der Waals surface area contributed by atoms with Crippen LogP contribution in [0.15, 0.2) is 0 Å². The van der Waals surface area contributed by atoms with E-state index in [1.165, 1.54) is 0 Å². The van der Waals surface area contributed by atoms with Crippen molar-refractivity contribution in [1.29, 1.82) is 5.26 Å². The van der Waals surface area contributed by atoms with E-state index in [0.717, 1.165) is 0 Å². The van der Waals surface area contributed by atoms with E-state index in [0.29, 0.717) is 26.1 Å². The third-order valence-corrected chi connectivity index (χ3v) is 2.02. The van der Waals surface area contributed by atoms with Crippen molar-refractivity contribution in [2.75, 3.05) is 13.2 Å². The number of carbonyl (C=O) groups excluding carboxylic acids is 1. The molecule has 0 heterocycles. The van der Waals surface area contributed by atoms with Gasteiger partial charge in [0.05, 0.1) is 6.07 Å². The highest BCUT2D eigenvalue weighted by Crippen LogP contribution is 2.01. The molecule has 0 bridgehead atoms. The summed E-state index contributed by atoms with van der Waals surface area (Å²) in [5.41, 5.74) is 0. The third kappa shape index (κ3) is 6.92. The summed E-state index contributed by atoms with van der Waals surface area (Å²) in [5.74, 6) is 0.0702. The summed E-state index contributed by atoms with van der Waals surface area (Å²) in [5, 5.41) is 11.5. The zero-order valence-electron chi connectivity index (χ0n) is 9.75. The molecule has 1 N–H and O–H groups in total. The SMILES string of the molecule is CCOCCCC(=O)NC(C#N)C(C)C. The molecule has 1 unspecified atom stereocenters. The number of hydrogen-bond acceptors (Lipinski definition) is 3. The van der Waals surface area contributed by atoms with Gasteiger partial charge in [-0.15, -0.1) is 0 Å². The highest BCUT2D eigenvalue weighted by atomic mass is 16.5. The number of nitrogens with one attached hydrogen (secondary N) is 1. The molecule has 0 aliphatic rings. The Labute approximate surface area is 91.6 Å². The molecular formula is C11H20N2O2. The first-order valence-electron chi connectivity index (χ1n) is 5.38. The van der Waals surface area contributed by atoms with Crippen molar-refractivity contribution < 1.29 is 9.53 Å². The van der Waals surface area contributed by atoms with Crippen LogP contribution in [0.2, 0.25) is 0 Å². The van der Waals surface area contributed by atoms with Crippen LogP contribution in [0.3, 0.4) is 0 Å². The lowest BCUT2D eigenvalue weighted by Gasteiger charge is -2.14. The number of nitriles is 1. The molecule has 4 nitrogen and oxygen atoms in total. The van der Waals surface area contributed by atoms with Crippen LogP contribution in [-0.2, 0) is 9.53 Å². The molecule has 0 saturated carbocycles. The Morgan fingerprint density at radius 3 is 2.67 bits per heavy atom. The second-order valence-corrected chi connectivity index (χ2v) is 3.72. The summed E-state index contributed by atoms with van der Waals surface area (Å²) in [6.07, 6.45) is 1.13. The normalized spacial score (nSPS) is 12.2. The third-order valence-electron chi connectivity index (χ3n) is 2.02. The highest BCUT2D eigenvalue weighted by Gasteiger charge is 2.14. The van der Waals surface area contributed by atoms with E-state index in [9.17, 15) is 4.79 Å². The lowest BCUT2D eigenvalue weighted by atomic mass is 10.1. The van der Waals surface area contributed by atoms with Gasteiger partial charge in [0.2, 0.25) is 5.91 Å². The van der Waals surface area contributed by atoms with Gasteiger partial charge in [-0.25, -0.2) is 0 Å². The Morgan fingerprint density at radius 2 is 2.20 bits per heavy atom. The number of hydrogen-bond donors (Lipinski definition) is 1. The van der Waals surface area contributed by atoms with Crippen LogP contribution in [0.5, 0.6) is 0 Å². The van der Waals surface area contributed by atoms with Crippen LogP contribution in [0, 0.1) is 17.2 Å². The molecule has 0 aliphatic carbocycles. The van der Waals surface area contributed by atoms with Gasteiger partial charge in [0.15, 0.2) is 0 Å². The van der Waals surface area contributed by atoms with Gasteiger partial charge in [-0.2, -0.15) is 5.26 Å². The molecule has 4 heteroatoms. The van der Waals surface area contributed by atoms with Crippen LogP contribution < -0.4 is 5.32 Å². The van der Waals surface area contributed by atoms with E-state index in [-0.39, 0.29) is 17.9 Å². The molecule has 1 atom stereocenters. The second-order valence-electron chi connectivity index (χ2n) is 3.72. The summed E-state index contributed by atoms with van der Waals surface area (Å²) >= 11 is 0. The lowest BCUT2D eigenvalue weighted by molar-refractivity contribution is -0.122. The van der Waals surface area contributed by atoms with Crippen LogP contribution in [-0.4, -0.2) is 25.2 Å². The first-order chi connectivity index (χ1) is 7.11. The zero-order valence-corrected chi connectivity index (χ0v) is 9.75. The van der Waals surface area contributed by atoms with Gasteiger partial charge in [0.1, 0.15) is 6.04 Å². The van der Waals surface area contributed by atoms with Gasteiger partial charge in [0, 0.05) is 19.6 Å². The zero-order chi connectivity index (χ0) is 11.7. The summed E-state index contributed by atoms with van der Waals surface area (Å²) in [6, 6.07) is 1.69. The predicted octanol–water partition coefficient (Wildman–Crippen LogP) is 1.47. The first kappa shape index (κ1) is 13.9. The molecule has 0 rings (SSSR count). The summed E-state index contributed by atoms with van der Waals surface area (Å²) in [6.45, 7) is 7.02. The summed E-state index contributed by atoms with van der Waals surface area (Å²) < 4.78 is 5.12. The maximum absolute atomic E-state index is 11.4. The van der Waals surface area contributed by atoms with Crippen molar-refractivity contribution in [2.45, 2.75) is 39.7 Å². The molecule has 0 radical (unpaired) electrons. The Balaban J connectivity index is 3.68. The Kier molecular flexibility index (Phi) is 7.65. The van der Waals surface area contributed by atoms with Gasteiger partial charge in [-0.1, -0.05) is 13.8 Å². The molecule has 1 amide bonds. The first-order valence-corrected chi connectivity index (χ1v) is 5.38.